The lowest BCUT2D eigenvalue weighted by Gasteiger charge is -2.02. The number of fused-ring (bicyclic) bond motifs is 3. The van der Waals surface area contributed by atoms with Crippen LogP contribution in [0.5, 0.6) is 5.75 Å². The second-order valence-corrected chi connectivity index (χ2v) is 3.66. The highest BCUT2D eigenvalue weighted by Crippen LogP contribution is 2.37. The summed E-state index contributed by atoms with van der Waals surface area (Å²) >= 11 is 0. The third-order valence-electron chi connectivity index (χ3n) is 2.83. The number of hydrogen-bond donors (Lipinski definition) is 0. The maximum absolute atomic E-state index is 12.1. The van der Waals surface area contributed by atoms with Gasteiger partial charge in [0.1, 0.15) is 5.75 Å². The maximum atomic E-state index is 12.1. The molecule has 0 radical (unpaired) electrons. The second kappa shape index (κ2) is 3.17. The van der Waals surface area contributed by atoms with Gasteiger partial charge in [0.2, 0.25) is 0 Å². The van der Waals surface area contributed by atoms with Crippen molar-refractivity contribution in [3.63, 3.8) is 0 Å². The molecule has 0 N–H and O–H groups in total. The van der Waals surface area contributed by atoms with E-state index in [9.17, 15) is 4.79 Å². The Bertz CT molecular complexity index is 590. The lowest BCUT2D eigenvalue weighted by molar-refractivity contribution is 0.104. The van der Waals surface area contributed by atoms with Crippen LogP contribution in [0.15, 0.2) is 36.7 Å². The monoisotopic (exact) mass is 211 g/mol. The normalized spacial score (nSPS) is 12.2. The molecule has 0 aliphatic heterocycles. The first-order chi connectivity index (χ1) is 7.81. The van der Waals surface area contributed by atoms with E-state index in [2.05, 4.69) is 4.98 Å². The number of hydrogen-bond acceptors (Lipinski definition) is 3. The third kappa shape index (κ3) is 1.08. The zero-order valence-corrected chi connectivity index (χ0v) is 8.73. The minimum Gasteiger partial charge on any atom is -0.497 e. The van der Waals surface area contributed by atoms with Gasteiger partial charge < -0.3 is 4.74 Å². The molecule has 3 nitrogen and oxygen atoms in total. The van der Waals surface area contributed by atoms with Crippen LogP contribution < -0.4 is 4.74 Å². The van der Waals surface area contributed by atoms with Crippen molar-refractivity contribution in [1.29, 1.82) is 0 Å². The zero-order chi connectivity index (χ0) is 11.1. The summed E-state index contributed by atoms with van der Waals surface area (Å²) in [7, 11) is 1.59. The van der Waals surface area contributed by atoms with Crippen LogP contribution in [0.4, 0.5) is 0 Å². The molecule has 0 spiro atoms. The number of pyridine rings is 1. The highest BCUT2D eigenvalue weighted by molar-refractivity contribution is 6.21. The molecule has 1 aromatic carbocycles. The molecule has 1 aromatic heterocycles. The van der Waals surface area contributed by atoms with Crippen molar-refractivity contribution in [2.24, 2.45) is 0 Å². The van der Waals surface area contributed by atoms with Gasteiger partial charge in [-0.25, -0.2) is 0 Å². The average Bonchev–Trinajstić information content (AvgIpc) is 2.64. The molecule has 0 bridgehead atoms. The number of rotatable bonds is 1. The summed E-state index contributed by atoms with van der Waals surface area (Å²) in [6, 6.07) is 7.42. The van der Waals surface area contributed by atoms with Crippen molar-refractivity contribution >= 4 is 5.78 Å². The summed E-state index contributed by atoms with van der Waals surface area (Å²) in [5, 5.41) is 0. The lowest BCUT2D eigenvalue weighted by Crippen LogP contribution is -1.95. The summed E-state index contributed by atoms with van der Waals surface area (Å²) in [5.74, 6) is 0.727. The molecular formula is C13H9NO2. The van der Waals surface area contributed by atoms with E-state index < -0.39 is 0 Å². The van der Waals surface area contributed by atoms with E-state index in [1.807, 2.05) is 18.2 Å². The average molecular weight is 211 g/mol. The minimum atomic E-state index is 0.0250. The quantitative estimate of drug-likeness (QED) is 0.620. The Morgan fingerprint density at radius 3 is 2.69 bits per heavy atom. The first-order valence-electron chi connectivity index (χ1n) is 4.98. The van der Waals surface area contributed by atoms with E-state index in [0.29, 0.717) is 16.9 Å². The van der Waals surface area contributed by atoms with Crippen LogP contribution in [0.1, 0.15) is 15.9 Å². The lowest BCUT2D eigenvalue weighted by atomic mass is 10.1. The molecule has 0 unspecified atom stereocenters. The van der Waals surface area contributed by atoms with Crippen molar-refractivity contribution < 1.29 is 9.53 Å². The Morgan fingerprint density at radius 1 is 1.06 bits per heavy atom. The van der Waals surface area contributed by atoms with Gasteiger partial charge in [0.05, 0.1) is 7.11 Å². The second-order valence-electron chi connectivity index (χ2n) is 3.66. The number of nitrogens with zero attached hydrogens (tertiary/aromatic N) is 1. The fourth-order valence-electron chi connectivity index (χ4n) is 2.03. The Hall–Kier alpha value is -2.16. The molecule has 3 rings (SSSR count). The standard InChI is InChI=1S/C13H9NO2/c1-16-8-2-3-9-10-4-5-14-7-12(10)13(15)11(9)6-8/h2-7H,1H3. The molecule has 1 heterocycles. The summed E-state index contributed by atoms with van der Waals surface area (Å²) < 4.78 is 5.12. The third-order valence-corrected chi connectivity index (χ3v) is 2.83. The highest BCUT2D eigenvalue weighted by atomic mass is 16.5. The van der Waals surface area contributed by atoms with Gasteiger partial charge >= 0.3 is 0 Å². The van der Waals surface area contributed by atoms with Gasteiger partial charge in [-0.15, -0.1) is 0 Å². The van der Waals surface area contributed by atoms with Gasteiger partial charge in [-0.05, 0) is 35.4 Å². The fraction of sp³-hybridized carbons (Fsp3) is 0.0769. The number of carbonyl (C=O) groups is 1. The van der Waals surface area contributed by atoms with Crippen LogP contribution in [0, 0.1) is 0 Å². The van der Waals surface area contributed by atoms with E-state index in [0.717, 1.165) is 11.1 Å². The van der Waals surface area contributed by atoms with Gasteiger partial charge in [-0.2, -0.15) is 0 Å². The number of aromatic nitrogens is 1. The fourth-order valence-corrected chi connectivity index (χ4v) is 2.03. The first-order valence-corrected chi connectivity index (χ1v) is 4.98. The van der Waals surface area contributed by atoms with E-state index in [-0.39, 0.29) is 5.78 Å². The molecule has 1 aliphatic carbocycles. The van der Waals surface area contributed by atoms with E-state index in [4.69, 9.17) is 4.74 Å². The smallest absolute Gasteiger partial charge is 0.195 e. The summed E-state index contributed by atoms with van der Waals surface area (Å²) in [4.78, 5) is 16.0. The topological polar surface area (TPSA) is 39.2 Å². The number of carbonyl (C=O) groups excluding carboxylic acids is 1. The predicted molar refractivity (Wildman–Crippen MR) is 59.7 cm³/mol. The van der Waals surface area contributed by atoms with E-state index in [1.165, 1.54) is 0 Å². The highest BCUT2D eigenvalue weighted by Gasteiger charge is 2.26. The molecule has 1 aliphatic rings. The molecule has 16 heavy (non-hydrogen) atoms. The Labute approximate surface area is 92.7 Å². The zero-order valence-electron chi connectivity index (χ0n) is 8.73. The molecule has 0 atom stereocenters. The van der Waals surface area contributed by atoms with Crippen LogP contribution in [-0.2, 0) is 0 Å². The predicted octanol–water partition coefficient (Wildman–Crippen LogP) is 2.30. The molecule has 0 fully saturated rings. The SMILES string of the molecule is COc1ccc2c(c1)C(=O)c1cnccc1-2. The summed E-state index contributed by atoms with van der Waals surface area (Å²) in [6.45, 7) is 0. The molecule has 0 saturated carbocycles. The first kappa shape index (κ1) is 9.09. The van der Waals surface area contributed by atoms with E-state index >= 15 is 0 Å². The molecule has 0 saturated heterocycles. The van der Waals surface area contributed by atoms with Crippen LogP contribution in [0.2, 0.25) is 0 Å². The largest absolute Gasteiger partial charge is 0.497 e. The Kier molecular flexibility index (Phi) is 1.80. The number of ether oxygens (including phenoxy) is 1. The molecule has 0 amide bonds. The number of ketones is 1. The summed E-state index contributed by atoms with van der Waals surface area (Å²) in [6.07, 6.45) is 3.32. The Morgan fingerprint density at radius 2 is 1.88 bits per heavy atom. The van der Waals surface area contributed by atoms with Gasteiger partial charge in [0.25, 0.3) is 0 Å². The Balaban J connectivity index is 2.29. The van der Waals surface area contributed by atoms with Crippen molar-refractivity contribution in [3.05, 3.63) is 47.8 Å². The van der Waals surface area contributed by atoms with Crippen LogP contribution >= 0.6 is 0 Å². The molecule has 3 heteroatoms. The molecule has 2 aromatic rings. The molecular weight excluding hydrogens is 202 g/mol. The van der Waals surface area contributed by atoms with Gasteiger partial charge in [0.15, 0.2) is 5.78 Å². The van der Waals surface area contributed by atoms with Gasteiger partial charge in [-0.3, -0.25) is 9.78 Å². The van der Waals surface area contributed by atoms with Crippen molar-refractivity contribution in [2.45, 2.75) is 0 Å². The number of methoxy groups -OCH3 is 1. The summed E-state index contributed by atoms with van der Waals surface area (Å²) in [5.41, 5.74) is 3.29. The minimum absolute atomic E-state index is 0.0250. The van der Waals surface area contributed by atoms with Crippen molar-refractivity contribution in [3.8, 4) is 16.9 Å². The molecule has 78 valence electrons. The van der Waals surface area contributed by atoms with Gasteiger partial charge in [0, 0.05) is 23.5 Å². The van der Waals surface area contributed by atoms with Crippen LogP contribution in [-0.4, -0.2) is 17.9 Å². The van der Waals surface area contributed by atoms with E-state index in [1.54, 1.807) is 25.6 Å². The van der Waals surface area contributed by atoms with Crippen molar-refractivity contribution in [1.82, 2.24) is 4.98 Å². The van der Waals surface area contributed by atoms with Gasteiger partial charge in [-0.1, -0.05) is 0 Å². The maximum Gasteiger partial charge on any atom is 0.195 e. The number of benzene rings is 1. The van der Waals surface area contributed by atoms with Crippen LogP contribution in [0.25, 0.3) is 11.1 Å². The van der Waals surface area contributed by atoms with Crippen molar-refractivity contribution in [2.75, 3.05) is 7.11 Å². The van der Waals surface area contributed by atoms with Crippen LogP contribution in [0.3, 0.4) is 0 Å².